The SMILES string of the molecule is Cc1nc(C)c(-c2ccc(=O)n(CCNC(=O)C3CCC(=O)N3)n2)s1. The number of nitrogens with one attached hydrogen (secondary N) is 2. The standard InChI is InChI=1S/C16H19N5O3S/c1-9-15(25-10(2)18-9)11-4-6-14(23)21(20-11)8-7-17-16(24)12-3-5-13(22)19-12/h4,6,12H,3,5,7-8H2,1-2H3,(H,17,24)(H,19,22). The Hall–Kier alpha value is -2.55. The molecule has 2 aromatic rings. The van der Waals surface area contributed by atoms with Crippen LogP contribution >= 0.6 is 11.3 Å². The molecule has 0 radical (unpaired) electrons. The van der Waals surface area contributed by atoms with Crippen LogP contribution in [0.4, 0.5) is 0 Å². The zero-order valence-corrected chi connectivity index (χ0v) is 14.9. The highest BCUT2D eigenvalue weighted by atomic mass is 32.1. The molecule has 8 nitrogen and oxygen atoms in total. The van der Waals surface area contributed by atoms with E-state index in [-0.39, 0.29) is 30.5 Å². The lowest BCUT2D eigenvalue weighted by Gasteiger charge is -2.11. The van der Waals surface area contributed by atoms with E-state index in [1.54, 1.807) is 6.07 Å². The van der Waals surface area contributed by atoms with Crippen LogP contribution in [0.25, 0.3) is 10.6 Å². The van der Waals surface area contributed by atoms with Crippen molar-refractivity contribution in [1.29, 1.82) is 0 Å². The first-order valence-corrected chi connectivity index (χ1v) is 8.85. The lowest BCUT2D eigenvalue weighted by Crippen LogP contribution is -2.43. The highest BCUT2D eigenvalue weighted by Gasteiger charge is 2.26. The summed E-state index contributed by atoms with van der Waals surface area (Å²) in [5.41, 5.74) is 1.34. The predicted molar refractivity (Wildman–Crippen MR) is 93.3 cm³/mol. The van der Waals surface area contributed by atoms with Crippen LogP contribution in [0.5, 0.6) is 0 Å². The molecule has 1 fully saturated rings. The molecule has 9 heteroatoms. The van der Waals surface area contributed by atoms with Gasteiger partial charge in [-0.05, 0) is 26.3 Å². The summed E-state index contributed by atoms with van der Waals surface area (Å²) in [5, 5.41) is 10.7. The molecule has 1 saturated heterocycles. The molecular weight excluding hydrogens is 342 g/mol. The number of rotatable bonds is 5. The largest absolute Gasteiger partial charge is 0.352 e. The molecule has 2 amide bonds. The number of hydrogen-bond donors (Lipinski definition) is 2. The van der Waals surface area contributed by atoms with Crippen molar-refractivity contribution in [2.24, 2.45) is 0 Å². The second-order valence-corrected chi connectivity index (χ2v) is 7.08. The Labute approximate surface area is 148 Å². The molecule has 1 unspecified atom stereocenters. The fraction of sp³-hybridized carbons (Fsp3) is 0.438. The van der Waals surface area contributed by atoms with Crippen molar-refractivity contribution >= 4 is 23.2 Å². The zero-order chi connectivity index (χ0) is 18.0. The Bertz CT molecular complexity index is 873. The van der Waals surface area contributed by atoms with Crippen LogP contribution in [0.2, 0.25) is 0 Å². The van der Waals surface area contributed by atoms with Gasteiger partial charge in [0.05, 0.1) is 22.1 Å². The molecule has 3 rings (SSSR count). The molecule has 0 bridgehead atoms. The molecule has 132 valence electrons. The lowest BCUT2D eigenvalue weighted by atomic mass is 10.2. The third-order valence-electron chi connectivity index (χ3n) is 3.94. The van der Waals surface area contributed by atoms with E-state index in [2.05, 4.69) is 20.7 Å². The summed E-state index contributed by atoms with van der Waals surface area (Å²) in [6, 6.07) is 2.67. The van der Waals surface area contributed by atoms with Crippen molar-refractivity contribution in [2.75, 3.05) is 6.54 Å². The highest BCUT2D eigenvalue weighted by Crippen LogP contribution is 2.27. The summed E-state index contributed by atoms with van der Waals surface area (Å²) >= 11 is 1.53. The van der Waals surface area contributed by atoms with Gasteiger partial charge >= 0.3 is 0 Å². The van der Waals surface area contributed by atoms with Crippen LogP contribution in [-0.4, -0.2) is 39.2 Å². The monoisotopic (exact) mass is 361 g/mol. The molecule has 0 aromatic carbocycles. The van der Waals surface area contributed by atoms with E-state index in [0.29, 0.717) is 18.5 Å². The van der Waals surface area contributed by atoms with E-state index in [0.717, 1.165) is 15.6 Å². The Balaban J connectivity index is 1.65. The molecule has 0 spiro atoms. The molecule has 1 aliphatic heterocycles. The predicted octanol–water partition coefficient (Wildman–Crippen LogP) is 0.378. The summed E-state index contributed by atoms with van der Waals surface area (Å²) in [4.78, 5) is 40.4. The lowest BCUT2D eigenvalue weighted by molar-refractivity contribution is -0.125. The van der Waals surface area contributed by atoms with E-state index in [1.165, 1.54) is 22.1 Å². The first-order chi connectivity index (χ1) is 11.9. The molecule has 1 aliphatic rings. The maximum atomic E-state index is 12.0. The van der Waals surface area contributed by atoms with Gasteiger partial charge in [-0.1, -0.05) is 0 Å². The van der Waals surface area contributed by atoms with Crippen molar-refractivity contribution in [3.8, 4) is 10.6 Å². The second-order valence-electron chi connectivity index (χ2n) is 5.88. The summed E-state index contributed by atoms with van der Waals surface area (Å²) in [6.45, 7) is 4.36. The molecule has 0 aliphatic carbocycles. The molecule has 0 saturated carbocycles. The second kappa shape index (κ2) is 7.14. The van der Waals surface area contributed by atoms with Gasteiger partial charge in [0.25, 0.3) is 5.56 Å². The van der Waals surface area contributed by atoms with Gasteiger partial charge in [-0.15, -0.1) is 11.3 Å². The van der Waals surface area contributed by atoms with E-state index >= 15 is 0 Å². The highest BCUT2D eigenvalue weighted by molar-refractivity contribution is 7.15. The van der Waals surface area contributed by atoms with Crippen LogP contribution < -0.4 is 16.2 Å². The van der Waals surface area contributed by atoms with Crippen molar-refractivity contribution in [3.05, 3.63) is 33.2 Å². The summed E-state index contributed by atoms with van der Waals surface area (Å²) in [6.07, 6.45) is 0.872. The van der Waals surface area contributed by atoms with Gasteiger partial charge in [-0.2, -0.15) is 5.10 Å². The van der Waals surface area contributed by atoms with Gasteiger partial charge in [0, 0.05) is 19.0 Å². The minimum atomic E-state index is -0.480. The minimum Gasteiger partial charge on any atom is -0.352 e. The average Bonchev–Trinajstić information content (AvgIpc) is 3.14. The molecular formula is C16H19N5O3S. The zero-order valence-electron chi connectivity index (χ0n) is 14.0. The van der Waals surface area contributed by atoms with Crippen molar-refractivity contribution in [1.82, 2.24) is 25.4 Å². The summed E-state index contributed by atoms with van der Waals surface area (Å²) < 4.78 is 1.33. The van der Waals surface area contributed by atoms with E-state index < -0.39 is 6.04 Å². The first kappa shape index (κ1) is 17.3. The average molecular weight is 361 g/mol. The van der Waals surface area contributed by atoms with E-state index in [4.69, 9.17) is 0 Å². The Morgan fingerprint density at radius 1 is 1.40 bits per heavy atom. The fourth-order valence-electron chi connectivity index (χ4n) is 2.72. The number of nitrogens with zero attached hydrogens (tertiary/aromatic N) is 3. The first-order valence-electron chi connectivity index (χ1n) is 8.03. The van der Waals surface area contributed by atoms with Gasteiger partial charge in [-0.25, -0.2) is 9.67 Å². The van der Waals surface area contributed by atoms with Gasteiger partial charge < -0.3 is 10.6 Å². The number of hydrogen-bond acceptors (Lipinski definition) is 6. The normalized spacial score (nSPS) is 16.7. The van der Waals surface area contributed by atoms with Gasteiger partial charge in [-0.3, -0.25) is 14.4 Å². The number of amides is 2. The third-order valence-corrected chi connectivity index (χ3v) is 5.03. The minimum absolute atomic E-state index is 0.110. The van der Waals surface area contributed by atoms with Gasteiger partial charge in [0.1, 0.15) is 11.7 Å². The van der Waals surface area contributed by atoms with Crippen LogP contribution in [0.3, 0.4) is 0 Å². The van der Waals surface area contributed by atoms with Gasteiger partial charge in [0.2, 0.25) is 11.8 Å². The van der Waals surface area contributed by atoms with Crippen LogP contribution in [0, 0.1) is 13.8 Å². The van der Waals surface area contributed by atoms with Crippen LogP contribution in [0.1, 0.15) is 23.5 Å². The molecule has 2 aromatic heterocycles. The maximum Gasteiger partial charge on any atom is 0.266 e. The van der Waals surface area contributed by atoms with Crippen molar-refractivity contribution < 1.29 is 9.59 Å². The van der Waals surface area contributed by atoms with E-state index in [9.17, 15) is 14.4 Å². The molecule has 25 heavy (non-hydrogen) atoms. The smallest absolute Gasteiger partial charge is 0.266 e. The number of thiazole rings is 1. The summed E-state index contributed by atoms with van der Waals surface area (Å²) in [7, 11) is 0. The van der Waals surface area contributed by atoms with E-state index in [1.807, 2.05) is 13.8 Å². The number of carbonyl (C=O) groups is 2. The third kappa shape index (κ3) is 3.93. The topological polar surface area (TPSA) is 106 Å². The quantitative estimate of drug-likeness (QED) is 0.801. The van der Waals surface area contributed by atoms with Crippen LogP contribution in [-0.2, 0) is 16.1 Å². The maximum absolute atomic E-state index is 12.0. The van der Waals surface area contributed by atoms with Gasteiger partial charge in [0.15, 0.2) is 0 Å². The molecule has 1 atom stereocenters. The number of carbonyl (C=O) groups excluding carboxylic acids is 2. The fourth-order valence-corrected chi connectivity index (χ4v) is 3.60. The molecule has 2 N–H and O–H groups in total. The summed E-state index contributed by atoms with van der Waals surface area (Å²) in [5.74, 6) is -0.343. The van der Waals surface area contributed by atoms with Crippen LogP contribution in [0.15, 0.2) is 16.9 Å². The Kier molecular flexibility index (Phi) is 4.93. The Morgan fingerprint density at radius 3 is 2.84 bits per heavy atom. The number of aromatic nitrogens is 3. The van der Waals surface area contributed by atoms with Crippen molar-refractivity contribution in [3.63, 3.8) is 0 Å². The molecule has 3 heterocycles. The Morgan fingerprint density at radius 2 is 2.20 bits per heavy atom. The van der Waals surface area contributed by atoms with Crippen molar-refractivity contribution in [2.45, 2.75) is 39.3 Å². The number of aryl methyl sites for hydroxylation is 2.